The van der Waals surface area contributed by atoms with E-state index in [-0.39, 0.29) is 11.3 Å². The number of primary amides is 1. The van der Waals surface area contributed by atoms with E-state index < -0.39 is 16.4 Å². The Hall–Kier alpha value is -1.95. The average molecular weight is 210 g/mol. The third kappa shape index (κ3) is 2.10. The van der Waals surface area contributed by atoms with E-state index in [1.165, 1.54) is 31.2 Å². The van der Waals surface area contributed by atoms with Crippen LogP contribution in [0.1, 0.15) is 12.5 Å². The van der Waals surface area contributed by atoms with Crippen LogP contribution in [0.4, 0.5) is 5.69 Å². The number of nitro benzene ring substituents is 1. The number of amides is 1. The fraction of sp³-hybridized carbons (Fsp3) is 0.222. The number of carbonyl (C=O) groups excluding carboxylic acids is 1. The van der Waals surface area contributed by atoms with E-state index in [1.807, 2.05) is 0 Å². The van der Waals surface area contributed by atoms with Crippen LogP contribution in [0.2, 0.25) is 0 Å². The van der Waals surface area contributed by atoms with Gasteiger partial charge in [-0.3, -0.25) is 14.9 Å². The Kier molecular flexibility index (Phi) is 2.71. The van der Waals surface area contributed by atoms with E-state index in [4.69, 9.17) is 5.73 Å². The molecule has 0 saturated carbocycles. The van der Waals surface area contributed by atoms with Gasteiger partial charge in [0.1, 0.15) is 0 Å². The summed E-state index contributed by atoms with van der Waals surface area (Å²) in [6.07, 6.45) is 0. The highest BCUT2D eigenvalue weighted by Gasteiger charge is 2.30. The van der Waals surface area contributed by atoms with Gasteiger partial charge in [0.25, 0.3) is 11.6 Å². The van der Waals surface area contributed by atoms with Gasteiger partial charge >= 0.3 is 0 Å². The van der Waals surface area contributed by atoms with Gasteiger partial charge in [-0.2, -0.15) is 0 Å². The smallest absolute Gasteiger partial charge is 0.269 e. The molecule has 1 amide bonds. The zero-order chi connectivity index (χ0) is 11.6. The fourth-order valence-electron chi connectivity index (χ4n) is 1.05. The SMILES string of the molecule is C[C@](O)(C(N)=O)c1ccc([N+](=O)[O-])cc1. The van der Waals surface area contributed by atoms with Gasteiger partial charge in [-0.05, 0) is 24.6 Å². The first-order valence-electron chi connectivity index (χ1n) is 4.13. The van der Waals surface area contributed by atoms with Crippen molar-refractivity contribution in [3.05, 3.63) is 39.9 Å². The molecule has 1 aromatic rings. The topological polar surface area (TPSA) is 106 Å². The molecule has 0 radical (unpaired) electrons. The van der Waals surface area contributed by atoms with Crippen LogP contribution in [0.3, 0.4) is 0 Å². The number of hydrogen-bond acceptors (Lipinski definition) is 4. The molecule has 0 heterocycles. The third-order valence-electron chi connectivity index (χ3n) is 2.12. The summed E-state index contributed by atoms with van der Waals surface area (Å²) in [5, 5.41) is 20.0. The molecule has 0 aliphatic carbocycles. The van der Waals surface area contributed by atoms with E-state index in [9.17, 15) is 20.0 Å². The highest BCUT2D eigenvalue weighted by molar-refractivity contribution is 5.84. The standard InChI is InChI=1S/C9H10N2O4/c1-9(13,8(10)12)6-2-4-7(5-3-6)11(14)15/h2-5,13H,1H3,(H2,10,12)/t9-/m1/s1. The molecule has 15 heavy (non-hydrogen) atoms. The van der Waals surface area contributed by atoms with Gasteiger partial charge in [0.05, 0.1) is 4.92 Å². The van der Waals surface area contributed by atoms with Gasteiger partial charge in [0.2, 0.25) is 0 Å². The van der Waals surface area contributed by atoms with Gasteiger partial charge in [-0.1, -0.05) is 0 Å². The minimum Gasteiger partial charge on any atom is -0.376 e. The number of carbonyl (C=O) groups is 1. The number of non-ortho nitro benzene ring substituents is 1. The fourth-order valence-corrected chi connectivity index (χ4v) is 1.05. The summed E-state index contributed by atoms with van der Waals surface area (Å²) in [7, 11) is 0. The summed E-state index contributed by atoms with van der Waals surface area (Å²) in [4.78, 5) is 20.7. The number of nitrogens with zero attached hydrogens (tertiary/aromatic N) is 1. The van der Waals surface area contributed by atoms with E-state index in [0.717, 1.165) is 0 Å². The van der Waals surface area contributed by atoms with Crippen LogP contribution in [-0.4, -0.2) is 15.9 Å². The molecule has 0 aliphatic heterocycles. The van der Waals surface area contributed by atoms with E-state index >= 15 is 0 Å². The average Bonchev–Trinajstić information content (AvgIpc) is 2.17. The molecule has 80 valence electrons. The van der Waals surface area contributed by atoms with Crippen LogP contribution in [0, 0.1) is 10.1 Å². The molecule has 0 spiro atoms. The van der Waals surface area contributed by atoms with Crippen LogP contribution < -0.4 is 5.73 Å². The molecule has 1 rings (SSSR count). The van der Waals surface area contributed by atoms with E-state index in [0.29, 0.717) is 0 Å². The predicted molar refractivity (Wildman–Crippen MR) is 51.9 cm³/mol. The van der Waals surface area contributed by atoms with Crippen molar-refractivity contribution in [2.24, 2.45) is 5.73 Å². The van der Waals surface area contributed by atoms with Crippen LogP contribution in [-0.2, 0) is 10.4 Å². The summed E-state index contributed by atoms with van der Waals surface area (Å²) in [6, 6.07) is 4.99. The molecule has 0 aliphatic rings. The molecule has 3 N–H and O–H groups in total. The lowest BCUT2D eigenvalue weighted by Crippen LogP contribution is -2.38. The summed E-state index contributed by atoms with van der Waals surface area (Å²) < 4.78 is 0. The Labute approximate surface area is 85.5 Å². The first-order chi connectivity index (χ1) is 6.85. The molecule has 1 atom stereocenters. The van der Waals surface area contributed by atoms with Crippen molar-refractivity contribution in [2.45, 2.75) is 12.5 Å². The second-order valence-corrected chi connectivity index (χ2v) is 3.24. The van der Waals surface area contributed by atoms with Crippen molar-refractivity contribution >= 4 is 11.6 Å². The summed E-state index contributed by atoms with van der Waals surface area (Å²) in [5.41, 5.74) is 3.28. The van der Waals surface area contributed by atoms with Crippen LogP contribution in [0.5, 0.6) is 0 Å². The zero-order valence-electron chi connectivity index (χ0n) is 8.01. The van der Waals surface area contributed by atoms with Crippen molar-refractivity contribution in [3.8, 4) is 0 Å². The third-order valence-corrected chi connectivity index (χ3v) is 2.12. The molecular formula is C9H10N2O4. The van der Waals surface area contributed by atoms with Gasteiger partial charge in [0, 0.05) is 12.1 Å². The second-order valence-electron chi connectivity index (χ2n) is 3.24. The van der Waals surface area contributed by atoms with Gasteiger partial charge < -0.3 is 10.8 Å². The van der Waals surface area contributed by atoms with Crippen molar-refractivity contribution in [1.82, 2.24) is 0 Å². The van der Waals surface area contributed by atoms with Crippen molar-refractivity contribution in [2.75, 3.05) is 0 Å². The van der Waals surface area contributed by atoms with E-state index in [1.54, 1.807) is 0 Å². The lowest BCUT2D eigenvalue weighted by molar-refractivity contribution is -0.384. The van der Waals surface area contributed by atoms with Gasteiger partial charge in [-0.15, -0.1) is 0 Å². The Morgan fingerprint density at radius 2 is 1.93 bits per heavy atom. The first kappa shape index (κ1) is 11.1. The van der Waals surface area contributed by atoms with Gasteiger partial charge in [-0.25, -0.2) is 0 Å². The number of nitrogens with two attached hydrogens (primary N) is 1. The lowest BCUT2D eigenvalue weighted by atomic mass is 9.95. The maximum absolute atomic E-state index is 10.9. The lowest BCUT2D eigenvalue weighted by Gasteiger charge is -2.18. The molecule has 0 bridgehead atoms. The predicted octanol–water partition coefficient (Wildman–Crippen LogP) is 0.288. The summed E-state index contributed by atoms with van der Waals surface area (Å²) >= 11 is 0. The first-order valence-corrected chi connectivity index (χ1v) is 4.13. The molecule has 0 saturated heterocycles. The largest absolute Gasteiger partial charge is 0.376 e. The Balaban J connectivity index is 3.09. The normalized spacial score (nSPS) is 14.3. The second kappa shape index (κ2) is 3.66. The number of nitro groups is 1. The maximum atomic E-state index is 10.9. The van der Waals surface area contributed by atoms with E-state index in [2.05, 4.69) is 0 Å². The van der Waals surface area contributed by atoms with Crippen LogP contribution in [0.15, 0.2) is 24.3 Å². The van der Waals surface area contributed by atoms with Crippen LogP contribution >= 0.6 is 0 Å². The maximum Gasteiger partial charge on any atom is 0.269 e. The molecular weight excluding hydrogens is 200 g/mol. The molecule has 6 heteroatoms. The minimum absolute atomic E-state index is 0.112. The summed E-state index contributed by atoms with van der Waals surface area (Å²) in [6.45, 7) is 1.23. The Morgan fingerprint density at radius 3 is 2.27 bits per heavy atom. The molecule has 1 aromatic carbocycles. The highest BCUT2D eigenvalue weighted by Crippen LogP contribution is 2.22. The van der Waals surface area contributed by atoms with Crippen LogP contribution in [0.25, 0.3) is 0 Å². The Bertz CT molecular complexity index is 397. The number of aliphatic hydroxyl groups is 1. The molecule has 6 nitrogen and oxygen atoms in total. The quantitative estimate of drug-likeness (QED) is 0.552. The minimum atomic E-state index is -1.81. The van der Waals surface area contributed by atoms with Crippen molar-refractivity contribution in [3.63, 3.8) is 0 Å². The van der Waals surface area contributed by atoms with Crippen molar-refractivity contribution in [1.29, 1.82) is 0 Å². The number of benzene rings is 1. The number of rotatable bonds is 3. The molecule has 0 aromatic heterocycles. The molecule has 0 fully saturated rings. The number of hydrogen-bond donors (Lipinski definition) is 2. The molecule has 0 unspecified atom stereocenters. The Morgan fingerprint density at radius 1 is 1.47 bits per heavy atom. The summed E-state index contributed by atoms with van der Waals surface area (Å²) in [5.74, 6) is -0.906. The van der Waals surface area contributed by atoms with Crippen molar-refractivity contribution < 1.29 is 14.8 Å². The monoisotopic (exact) mass is 210 g/mol. The highest BCUT2D eigenvalue weighted by atomic mass is 16.6. The zero-order valence-corrected chi connectivity index (χ0v) is 8.01. The van der Waals surface area contributed by atoms with Gasteiger partial charge in [0.15, 0.2) is 5.60 Å².